The molecule has 0 aliphatic rings. The zero-order valence-electron chi connectivity index (χ0n) is 17.5. The summed E-state index contributed by atoms with van der Waals surface area (Å²) in [5, 5.41) is 11.7. The number of hydrogen-bond donors (Lipinski definition) is 2. The minimum absolute atomic E-state index is 0.160. The molecule has 0 bridgehead atoms. The van der Waals surface area contributed by atoms with Crippen LogP contribution in [0.1, 0.15) is 40.8 Å². The Morgan fingerprint density at radius 2 is 2.03 bits per heavy atom. The maximum Gasteiger partial charge on any atom is 0.350 e. The van der Waals surface area contributed by atoms with E-state index in [-0.39, 0.29) is 18.5 Å². The lowest BCUT2D eigenvalue weighted by Crippen LogP contribution is -2.25. The molecule has 0 fully saturated rings. The molecule has 1 atom stereocenters. The topological polar surface area (TPSA) is 125 Å². The number of esters is 1. The lowest BCUT2D eigenvalue weighted by Gasteiger charge is -2.15. The number of ether oxygens (including phenoxy) is 1. The van der Waals surface area contributed by atoms with Crippen LogP contribution in [-0.2, 0) is 16.0 Å². The van der Waals surface area contributed by atoms with Gasteiger partial charge in [-0.05, 0) is 32.8 Å². The molecule has 1 amide bonds. The molecule has 1 unspecified atom stereocenters. The highest BCUT2D eigenvalue weighted by Gasteiger charge is 2.24. The van der Waals surface area contributed by atoms with Crippen molar-refractivity contribution in [1.29, 1.82) is 0 Å². The van der Waals surface area contributed by atoms with E-state index in [0.29, 0.717) is 20.9 Å². The first-order valence-electron chi connectivity index (χ1n) is 9.73. The van der Waals surface area contributed by atoms with Crippen LogP contribution in [0.3, 0.4) is 0 Å². The number of carbonyl (C=O) groups excluding carboxylic acids is 2. The number of amides is 1. The van der Waals surface area contributed by atoms with Crippen molar-refractivity contribution in [3.63, 3.8) is 0 Å². The third-order valence-corrected chi connectivity index (χ3v) is 6.41. The standard InChI is InChI=1S/C20H24N6O3S2/c1-4-29-17(28)15-12(2)22-19(31-15)23-16(27)13(3)26-18(21)24-25-20(26)30-11-10-14-8-6-5-7-9-14/h5-9,13H,4,10-11H2,1-3H3,(H2,21,24)(H,22,23,27). The highest BCUT2D eigenvalue weighted by molar-refractivity contribution is 7.99. The predicted molar refractivity (Wildman–Crippen MR) is 121 cm³/mol. The van der Waals surface area contributed by atoms with Crippen molar-refractivity contribution in [2.75, 3.05) is 23.4 Å². The Kier molecular flexibility index (Phi) is 7.64. The molecule has 2 aromatic heterocycles. The van der Waals surface area contributed by atoms with Gasteiger partial charge in [0.15, 0.2) is 10.3 Å². The number of benzene rings is 1. The second-order valence-corrected chi connectivity index (χ2v) is 8.68. The molecule has 0 aliphatic heterocycles. The van der Waals surface area contributed by atoms with E-state index in [1.165, 1.54) is 17.3 Å². The highest BCUT2D eigenvalue weighted by atomic mass is 32.2. The summed E-state index contributed by atoms with van der Waals surface area (Å²) in [6, 6.07) is 9.45. The van der Waals surface area contributed by atoms with Gasteiger partial charge in [0.2, 0.25) is 11.9 Å². The van der Waals surface area contributed by atoms with Crippen molar-refractivity contribution in [3.05, 3.63) is 46.5 Å². The lowest BCUT2D eigenvalue weighted by atomic mass is 10.2. The van der Waals surface area contributed by atoms with Crippen LogP contribution in [0, 0.1) is 6.92 Å². The molecule has 2 heterocycles. The van der Waals surface area contributed by atoms with E-state index in [4.69, 9.17) is 10.5 Å². The molecule has 11 heteroatoms. The Morgan fingerprint density at radius 3 is 2.74 bits per heavy atom. The summed E-state index contributed by atoms with van der Waals surface area (Å²) in [6.45, 7) is 5.41. The van der Waals surface area contributed by atoms with E-state index in [9.17, 15) is 9.59 Å². The zero-order valence-corrected chi connectivity index (χ0v) is 19.1. The maximum absolute atomic E-state index is 12.8. The largest absolute Gasteiger partial charge is 0.462 e. The van der Waals surface area contributed by atoms with Gasteiger partial charge in [-0.1, -0.05) is 53.4 Å². The molecule has 3 rings (SSSR count). The summed E-state index contributed by atoms with van der Waals surface area (Å²) in [7, 11) is 0. The first-order chi connectivity index (χ1) is 14.9. The third-order valence-electron chi connectivity index (χ3n) is 4.41. The molecule has 0 spiro atoms. The molecule has 0 radical (unpaired) electrons. The number of carbonyl (C=O) groups is 2. The number of thiazole rings is 1. The number of nitrogens with one attached hydrogen (secondary N) is 1. The van der Waals surface area contributed by atoms with Crippen LogP contribution in [-0.4, -0.2) is 44.0 Å². The Hall–Kier alpha value is -2.92. The Bertz CT molecular complexity index is 1050. The van der Waals surface area contributed by atoms with E-state index in [2.05, 4.69) is 32.6 Å². The second-order valence-electron chi connectivity index (χ2n) is 6.61. The molecule has 0 aliphatic carbocycles. The summed E-state index contributed by atoms with van der Waals surface area (Å²) in [5.41, 5.74) is 7.71. The molecule has 0 saturated carbocycles. The number of aromatic nitrogens is 4. The van der Waals surface area contributed by atoms with Crippen molar-refractivity contribution in [1.82, 2.24) is 19.7 Å². The van der Waals surface area contributed by atoms with Gasteiger partial charge < -0.3 is 15.8 Å². The lowest BCUT2D eigenvalue weighted by molar-refractivity contribution is -0.118. The van der Waals surface area contributed by atoms with E-state index in [1.807, 2.05) is 18.2 Å². The minimum Gasteiger partial charge on any atom is -0.462 e. The van der Waals surface area contributed by atoms with Crippen molar-refractivity contribution >= 4 is 46.1 Å². The molecular formula is C20H24N6O3S2. The number of nitrogens with two attached hydrogens (primary N) is 1. The fraction of sp³-hybridized carbons (Fsp3) is 0.350. The van der Waals surface area contributed by atoms with E-state index < -0.39 is 12.0 Å². The molecule has 1 aromatic carbocycles. The average molecular weight is 461 g/mol. The fourth-order valence-corrected chi connectivity index (χ4v) is 4.69. The van der Waals surface area contributed by atoms with Crippen LogP contribution in [0.25, 0.3) is 0 Å². The van der Waals surface area contributed by atoms with Gasteiger partial charge in [0.25, 0.3) is 0 Å². The molecule has 164 valence electrons. The normalized spacial score (nSPS) is 11.8. The van der Waals surface area contributed by atoms with E-state index in [0.717, 1.165) is 23.5 Å². The minimum atomic E-state index is -0.663. The summed E-state index contributed by atoms with van der Waals surface area (Å²) in [4.78, 5) is 29.4. The van der Waals surface area contributed by atoms with Gasteiger partial charge >= 0.3 is 5.97 Å². The number of rotatable bonds is 9. The first kappa shape index (κ1) is 22.8. The Balaban J connectivity index is 1.66. The molecule has 3 N–H and O–H groups in total. The summed E-state index contributed by atoms with van der Waals surface area (Å²) in [6.07, 6.45) is 0.855. The van der Waals surface area contributed by atoms with E-state index >= 15 is 0 Å². The quantitative estimate of drug-likeness (QED) is 0.368. The van der Waals surface area contributed by atoms with E-state index in [1.54, 1.807) is 25.3 Å². The third kappa shape index (κ3) is 5.61. The predicted octanol–water partition coefficient (Wildman–Crippen LogP) is 3.34. The van der Waals surface area contributed by atoms with Crippen LogP contribution in [0.15, 0.2) is 35.5 Å². The fourth-order valence-electron chi connectivity index (χ4n) is 2.82. The second kappa shape index (κ2) is 10.4. The molecular weight excluding hydrogens is 436 g/mol. The number of aryl methyl sites for hydroxylation is 2. The van der Waals surface area contributed by atoms with Crippen LogP contribution >= 0.6 is 23.1 Å². The Labute approximate surface area is 188 Å². The van der Waals surface area contributed by atoms with Crippen molar-refractivity contribution in [2.24, 2.45) is 0 Å². The van der Waals surface area contributed by atoms with Gasteiger partial charge in [-0.2, -0.15) is 0 Å². The molecule has 31 heavy (non-hydrogen) atoms. The van der Waals surface area contributed by atoms with Crippen LogP contribution < -0.4 is 11.1 Å². The summed E-state index contributed by atoms with van der Waals surface area (Å²) in [5.74, 6) is 0.143. The number of thioether (sulfide) groups is 1. The SMILES string of the molecule is CCOC(=O)c1sc(NC(=O)C(C)n2c(N)nnc2SCCc2ccccc2)nc1C. The molecule has 3 aromatic rings. The number of anilines is 2. The average Bonchev–Trinajstić information content (AvgIpc) is 3.30. The van der Waals surface area contributed by atoms with Crippen LogP contribution in [0.5, 0.6) is 0 Å². The van der Waals surface area contributed by atoms with Crippen molar-refractivity contribution < 1.29 is 14.3 Å². The molecule has 9 nitrogen and oxygen atoms in total. The highest BCUT2D eigenvalue weighted by Crippen LogP contribution is 2.27. The van der Waals surface area contributed by atoms with Crippen molar-refractivity contribution in [2.45, 2.75) is 38.4 Å². The Morgan fingerprint density at radius 1 is 1.29 bits per heavy atom. The van der Waals surface area contributed by atoms with Crippen LogP contribution in [0.2, 0.25) is 0 Å². The number of nitrogen functional groups attached to an aromatic ring is 1. The molecule has 0 saturated heterocycles. The zero-order chi connectivity index (χ0) is 22.4. The van der Waals surface area contributed by atoms with Crippen molar-refractivity contribution in [3.8, 4) is 0 Å². The van der Waals surface area contributed by atoms with Gasteiger partial charge in [0.1, 0.15) is 10.9 Å². The number of hydrogen-bond acceptors (Lipinski definition) is 9. The first-order valence-corrected chi connectivity index (χ1v) is 11.5. The smallest absolute Gasteiger partial charge is 0.350 e. The summed E-state index contributed by atoms with van der Waals surface area (Å²) >= 11 is 2.56. The van der Waals surface area contributed by atoms with Gasteiger partial charge in [0.05, 0.1) is 12.3 Å². The maximum atomic E-state index is 12.8. The van der Waals surface area contributed by atoms with Crippen LogP contribution in [0.4, 0.5) is 11.1 Å². The van der Waals surface area contributed by atoms with Gasteiger partial charge in [0, 0.05) is 5.75 Å². The monoisotopic (exact) mass is 460 g/mol. The van der Waals surface area contributed by atoms with Gasteiger partial charge in [-0.25, -0.2) is 9.78 Å². The number of nitrogens with zero attached hydrogens (tertiary/aromatic N) is 4. The van der Waals surface area contributed by atoms with Gasteiger partial charge in [-0.15, -0.1) is 10.2 Å². The van der Waals surface area contributed by atoms with Gasteiger partial charge in [-0.3, -0.25) is 9.36 Å². The summed E-state index contributed by atoms with van der Waals surface area (Å²) < 4.78 is 6.61.